The molecule has 0 saturated heterocycles. The van der Waals surface area contributed by atoms with Crippen LogP contribution < -0.4 is 26.4 Å². The zero-order valence-corrected chi connectivity index (χ0v) is 36.9. The third kappa shape index (κ3) is 13.3. The topological polar surface area (TPSA) is 20.9 Å². The van der Waals surface area contributed by atoms with E-state index in [0.717, 1.165) is 10.0 Å². The number of hydrogen-bond acceptors (Lipinski definition) is 2. The number of thiazole rings is 1. The Morgan fingerprint density at radius 1 is 0.403 bits per heavy atom. The average molecular weight is 1150 g/mol. The molecule has 0 radical (unpaired) electrons. The van der Waals surface area contributed by atoms with Crippen molar-refractivity contribution in [1.82, 2.24) is 0 Å². The summed E-state index contributed by atoms with van der Waals surface area (Å²) in [6, 6.07) is -1.38. The highest BCUT2D eigenvalue weighted by Crippen LogP contribution is 2.41. The summed E-state index contributed by atoms with van der Waals surface area (Å²) in [7, 11) is 0. The molecule has 388 valence electrons. The summed E-state index contributed by atoms with van der Waals surface area (Å²) in [5.41, 5.74) is -27.5. The van der Waals surface area contributed by atoms with E-state index in [1.54, 1.807) is 11.3 Å². The molecule has 0 atom stereocenters. The lowest BCUT2D eigenvalue weighted by molar-refractivity contribution is -0.678. The largest absolute Gasteiger partial charge is 0.416 e. The van der Waals surface area contributed by atoms with Crippen LogP contribution in [0.4, 0.5) is 105 Å². The van der Waals surface area contributed by atoms with Crippen LogP contribution in [0.3, 0.4) is 0 Å². The smallest absolute Gasteiger partial charge is 0.287 e. The molecule has 1 aromatic heterocycles. The summed E-state index contributed by atoms with van der Waals surface area (Å²) in [6.45, 7) is 0.408. The summed E-state index contributed by atoms with van der Waals surface area (Å²) in [5.74, 6) is 0.130. The second kappa shape index (κ2) is 19.6. The molecule has 5 aromatic carbocycles. The summed E-state index contributed by atoms with van der Waals surface area (Å²) < 4.78 is 344. The molecule has 0 aliphatic heterocycles. The van der Waals surface area contributed by atoms with E-state index in [0.29, 0.717) is 6.54 Å². The van der Waals surface area contributed by atoms with Crippen molar-refractivity contribution >= 4 is 61.0 Å². The minimum Gasteiger partial charge on any atom is -0.287 e. The molecular formula is C43H21BBrF24NOS. The lowest BCUT2D eigenvalue weighted by Crippen LogP contribution is -2.75. The van der Waals surface area contributed by atoms with Gasteiger partial charge in [-0.25, -0.2) is 0 Å². The van der Waals surface area contributed by atoms with Gasteiger partial charge < -0.3 is 0 Å². The predicted molar refractivity (Wildman–Crippen MR) is 213 cm³/mol. The van der Waals surface area contributed by atoms with Crippen LogP contribution in [0.5, 0.6) is 0 Å². The number of ketones is 1. The molecule has 0 aliphatic rings. The minimum atomic E-state index is -6.13. The molecule has 2 nitrogen and oxygen atoms in total. The molecule has 0 aliphatic carbocycles. The van der Waals surface area contributed by atoms with E-state index in [2.05, 4.69) is 15.9 Å². The molecule has 72 heavy (non-hydrogen) atoms. The standard InChI is InChI=1S/C32H12BF24.C11H9BrNOS/c34-25(35,36)13-1-14(26(37,38)39)6-21(5-13)33(22-7-15(27(40,41)42)2-16(8-22)28(43,44)45,23-9-17(29(46,47)48)3-18(10-23)30(49,50)51)24-11-19(31(52,53)54)4-20(12-24)32(55,56)57;12-10-3-1-9(2-4-10)11(14)7-13-5-6-15-8-13/h1-12H;1-6,8H,7H2/q-1;+1. The van der Waals surface area contributed by atoms with Gasteiger partial charge in [0.05, 0.1) is 49.9 Å². The molecule has 1 heterocycles. The SMILES string of the molecule is FC(F)(F)c1cc([B-](c2cc(C(F)(F)F)cc(C(F)(F)F)c2)(c2cc(C(F)(F)F)cc(C(F)(F)F)c2)c2cc(C(F)(F)F)cc(C(F)(F)F)c2)cc(C(F)(F)F)c1.O=C(C[n+]1ccsc1)c1ccc(Br)cc1. The van der Waals surface area contributed by atoms with Gasteiger partial charge in [0, 0.05) is 10.0 Å². The zero-order chi connectivity index (χ0) is 54.6. The van der Waals surface area contributed by atoms with E-state index < -0.39 is 195 Å². The first kappa shape index (κ1) is 57.2. The summed E-state index contributed by atoms with van der Waals surface area (Å²) in [4.78, 5) is 11.8. The second-order valence-corrected chi connectivity index (χ2v) is 17.0. The maximum absolute atomic E-state index is 14.2. The van der Waals surface area contributed by atoms with Crippen LogP contribution >= 0.6 is 27.3 Å². The third-order valence-corrected chi connectivity index (χ3v) is 11.7. The number of carbonyl (C=O) groups is 1. The lowest BCUT2D eigenvalue weighted by Gasteiger charge is -2.46. The number of Topliss-reactive ketones (excluding diaryl/α,β-unsaturated/α-hetero) is 1. The van der Waals surface area contributed by atoms with Gasteiger partial charge in [-0.1, -0.05) is 87.9 Å². The first-order chi connectivity index (χ1) is 32.5. The Bertz CT molecular complexity index is 2470. The van der Waals surface area contributed by atoms with Crippen molar-refractivity contribution in [2.75, 3.05) is 0 Å². The number of rotatable bonds is 7. The first-order valence-corrected chi connectivity index (χ1v) is 20.8. The van der Waals surface area contributed by atoms with Gasteiger partial charge in [0.15, 0.2) is 6.20 Å². The van der Waals surface area contributed by atoms with Crippen molar-refractivity contribution < 1.29 is 115 Å². The van der Waals surface area contributed by atoms with Crippen molar-refractivity contribution in [3.63, 3.8) is 0 Å². The average Bonchev–Trinajstić information content (AvgIpc) is 3.75. The van der Waals surface area contributed by atoms with E-state index in [-0.39, 0.29) is 5.78 Å². The molecule has 6 aromatic rings. The summed E-state index contributed by atoms with van der Waals surface area (Å²) in [6.07, 6.45) is -52.9. The Kier molecular flexibility index (Phi) is 15.6. The van der Waals surface area contributed by atoms with Crippen LogP contribution in [-0.2, 0) is 56.0 Å². The van der Waals surface area contributed by atoms with Crippen molar-refractivity contribution in [1.29, 1.82) is 0 Å². The van der Waals surface area contributed by atoms with E-state index in [1.165, 1.54) is 0 Å². The van der Waals surface area contributed by atoms with Crippen LogP contribution in [0.15, 0.2) is 119 Å². The number of benzene rings is 5. The Morgan fingerprint density at radius 3 is 0.833 bits per heavy atom. The Labute approximate surface area is 399 Å². The third-order valence-electron chi connectivity index (χ3n) is 10.5. The molecule has 6 rings (SSSR count). The highest BCUT2D eigenvalue weighted by atomic mass is 79.9. The van der Waals surface area contributed by atoms with Gasteiger partial charge in [-0.05, 0) is 36.4 Å². The molecule has 0 spiro atoms. The minimum absolute atomic E-state index is 0.130. The van der Waals surface area contributed by atoms with Gasteiger partial charge in [-0.2, -0.15) is 132 Å². The van der Waals surface area contributed by atoms with Crippen molar-refractivity contribution in [3.8, 4) is 0 Å². The second-order valence-electron chi connectivity index (χ2n) is 15.4. The lowest BCUT2D eigenvalue weighted by atomic mass is 9.12. The maximum Gasteiger partial charge on any atom is 0.416 e. The van der Waals surface area contributed by atoms with E-state index in [1.807, 2.05) is 45.9 Å². The molecule has 0 fully saturated rings. The fourth-order valence-electron chi connectivity index (χ4n) is 7.32. The number of nitrogens with zero attached hydrogens (tertiary/aromatic N) is 1. The Balaban J connectivity index is 0.000000542. The molecule has 0 bridgehead atoms. The molecule has 0 amide bonds. The highest BCUT2D eigenvalue weighted by Gasteiger charge is 2.47. The van der Waals surface area contributed by atoms with Gasteiger partial charge in [0.1, 0.15) is 6.15 Å². The van der Waals surface area contributed by atoms with E-state index in [4.69, 9.17) is 0 Å². The van der Waals surface area contributed by atoms with E-state index in [9.17, 15) is 110 Å². The summed E-state index contributed by atoms with van der Waals surface area (Å²) >= 11 is 4.92. The first-order valence-electron chi connectivity index (χ1n) is 19.1. The number of hydrogen-bond donors (Lipinski definition) is 0. The zero-order valence-electron chi connectivity index (χ0n) is 34.5. The van der Waals surface area contributed by atoms with Crippen LogP contribution in [0.1, 0.15) is 54.9 Å². The number of halogens is 25. The van der Waals surface area contributed by atoms with Crippen LogP contribution in [0.25, 0.3) is 0 Å². The monoisotopic (exact) mass is 1150 g/mol. The molecular weight excluding hydrogens is 1130 g/mol. The van der Waals surface area contributed by atoms with Gasteiger partial charge in [-0.15, -0.1) is 0 Å². The fourth-order valence-corrected chi connectivity index (χ4v) is 8.18. The summed E-state index contributed by atoms with van der Waals surface area (Å²) in [5, 5.41) is 1.95. The molecule has 29 heteroatoms. The van der Waals surface area contributed by atoms with E-state index >= 15 is 0 Å². The number of aromatic nitrogens is 1. The Morgan fingerprint density at radius 2 is 0.639 bits per heavy atom. The quantitative estimate of drug-likeness (QED) is 0.0675. The maximum atomic E-state index is 14.2. The van der Waals surface area contributed by atoms with Crippen LogP contribution in [0, 0.1) is 0 Å². The van der Waals surface area contributed by atoms with Gasteiger partial charge in [0.25, 0.3) is 0 Å². The Hall–Kier alpha value is -5.74. The van der Waals surface area contributed by atoms with Gasteiger partial charge >= 0.3 is 49.4 Å². The van der Waals surface area contributed by atoms with Gasteiger partial charge in [-0.3, -0.25) is 4.79 Å². The molecule has 0 unspecified atom stereocenters. The fraction of sp³-hybridized carbons (Fsp3) is 0.209. The molecule has 0 N–H and O–H groups in total. The number of carbonyl (C=O) groups excluding carboxylic acids is 1. The normalized spacial score (nSPS) is 13.5. The van der Waals surface area contributed by atoms with Gasteiger partial charge in [0.2, 0.25) is 17.8 Å². The van der Waals surface area contributed by atoms with Crippen LogP contribution in [-0.4, -0.2) is 11.9 Å². The number of alkyl halides is 24. The van der Waals surface area contributed by atoms with Crippen LogP contribution in [0.2, 0.25) is 0 Å². The van der Waals surface area contributed by atoms with Crippen molar-refractivity contribution in [2.24, 2.45) is 0 Å². The molecule has 0 saturated carbocycles. The predicted octanol–water partition coefficient (Wildman–Crippen LogP) is 13.9. The highest BCUT2D eigenvalue weighted by molar-refractivity contribution is 9.10. The van der Waals surface area contributed by atoms with Crippen molar-refractivity contribution in [2.45, 2.75) is 56.0 Å². The van der Waals surface area contributed by atoms with Crippen molar-refractivity contribution in [3.05, 3.63) is 169 Å².